The first kappa shape index (κ1) is 48.9. The minimum absolute atomic E-state index is 0.729. The number of hydrogen-bond acceptors (Lipinski definition) is 2. The molecule has 30 heteroatoms. The molecule has 0 bridgehead atoms. The summed E-state index contributed by atoms with van der Waals surface area (Å²) in [7, 11) is 0. The molecule has 0 atom stereocenters. The summed E-state index contributed by atoms with van der Waals surface area (Å²) in [6.07, 6.45) is -20.5. The van der Waals surface area contributed by atoms with E-state index in [-0.39, 0.29) is 0 Å². The van der Waals surface area contributed by atoms with Crippen molar-refractivity contribution >= 4 is 12.2 Å². The molecule has 52 heavy (non-hydrogen) atoms. The number of hydrogen-bond donors (Lipinski definition) is 2. The molecule has 310 valence electrons. The largest absolute Gasteiger partial charge is 0.465 e. The highest BCUT2D eigenvalue weighted by Gasteiger charge is 2.89. The molecule has 0 aliphatic heterocycles. The number of carbonyl (C=O) groups is 2. The average molecular weight is 832 g/mol. The van der Waals surface area contributed by atoms with Gasteiger partial charge in [0.05, 0.1) is 13.1 Å². The topological polar surface area (TPSA) is 81.1 Å². The molecule has 2 N–H and O–H groups in total. The van der Waals surface area contributed by atoms with Crippen LogP contribution in [0.5, 0.6) is 0 Å². The standard InChI is InChI=1S/C22H20F24N2O4/c23-9(24)15(31,32)19(39,40)21(43,44)17(35,36)13(27,28)7-47(11(49)50)5-3-1-2-4-6-48(12(51)52)8-14(29,30)18(37,38)22(45,46)20(41,42)16(33,34)10(25)26/h9-10H,1-8H2,(H,49,50)(H,51,52). The Hall–Kier alpha value is -3.14. The molecule has 0 saturated carbocycles. The molecule has 0 heterocycles. The SMILES string of the molecule is O=C(O)N(CCCCCCN(CC(F)(F)C(F)(F)C(F)(F)C(F)(F)C(F)(F)C(F)F)C(=O)O)CC(F)(F)C(F)(F)C(F)(F)C(F)(F)C(F)(F)C(F)F. The normalized spacial score (nSPS) is 15.0. The van der Waals surface area contributed by atoms with Gasteiger partial charge in [-0.3, -0.25) is 0 Å². The Morgan fingerprint density at radius 3 is 0.827 bits per heavy atom. The quantitative estimate of drug-likeness (QED) is 0.0893. The summed E-state index contributed by atoms with van der Waals surface area (Å²) >= 11 is 0. The molecule has 0 aliphatic carbocycles. The Bertz CT molecular complexity index is 1130. The van der Waals surface area contributed by atoms with Crippen LogP contribution in [0.3, 0.4) is 0 Å². The molecule has 0 aromatic rings. The molecule has 0 saturated heterocycles. The Kier molecular flexibility index (Phi) is 14.4. The summed E-state index contributed by atoms with van der Waals surface area (Å²) in [6, 6.07) is 0. The van der Waals surface area contributed by atoms with Crippen molar-refractivity contribution in [2.75, 3.05) is 26.2 Å². The first-order valence-corrected chi connectivity index (χ1v) is 13.0. The summed E-state index contributed by atoms with van der Waals surface area (Å²) in [5.74, 6) is -75.3. The average Bonchev–Trinajstić information content (AvgIpc) is 2.96. The highest BCUT2D eigenvalue weighted by Crippen LogP contribution is 2.59. The maximum atomic E-state index is 14.0. The van der Waals surface area contributed by atoms with Gasteiger partial charge in [0.15, 0.2) is 0 Å². The summed E-state index contributed by atoms with van der Waals surface area (Å²) in [5, 5.41) is 17.7. The van der Waals surface area contributed by atoms with Gasteiger partial charge >= 0.3 is 84.3 Å². The minimum Gasteiger partial charge on any atom is -0.465 e. The van der Waals surface area contributed by atoms with E-state index in [4.69, 9.17) is 10.2 Å². The molecule has 0 aromatic carbocycles. The molecular formula is C22H20F24N2O4. The number of alkyl halides is 24. The van der Waals surface area contributed by atoms with Gasteiger partial charge in [0, 0.05) is 13.1 Å². The van der Waals surface area contributed by atoms with E-state index in [1.807, 2.05) is 0 Å². The highest BCUT2D eigenvalue weighted by atomic mass is 19.4. The smallest absolute Gasteiger partial charge is 0.407 e. The van der Waals surface area contributed by atoms with Crippen molar-refractivity contribution in [3.8, 4) is 0 Å². The molecule has 0 aromatic heterocycles. The van der Waals surface area contributed by atoms with E-state index in [1.54, 1.807) is 0 Å². The van der Waals surface area contributed by atoms with Crippen molar-refractivity contribution in [3.05, 3.63) is 0 Å². The molecule has 2 amide bonds. The number of amides is 2. The van der Waals surface area contributed by atoms with Crippen molar-refractivity contribution in [2.24, 2.45) is 0 Å². The Balaban J connectivity index is 5.70. The van der Waals surface area contributed by atoms with Gasteiger partial charge in [-0.15, -0.1) is 0 Å². The monoisotopic (exact) mass is 832 g/mol. The zero-order valence-electron chi connectivity index (χ0n) is 24.5. The third kappa shape index (κ3) is 8.47. The maximum absolute atomic E-state index is 14.0. The van der Waals surface area contributed by atoms with Crippen molar-refractivity contribution in [3.63, 3.8) is 0 Å². The zero-order valence-corrected chi connectivity index (χ0v) is 24.5. The van der Waals surface area contributed by atoms with Gasteiger partial charge in [-0.2, -0.15) is 87.8 Å². The van der Waals surface area contributed by atoms with Gasteiger partial charge < -0.3 is 20.0 Å². The summed E-state index contributed by atoms with van der Waals surface area (Å²) < 4.78 is 320. The van der Waals surface area contributed by atoms with Crippen LogP contribution in [0, 0.1) is 0 Å². The second-order valence-corrected chi connectivity index (χ2v) is 10.5. The van der Waals surface area contributed by atoms with Crippen molar-refractivity contribution in [1.82, 2.24) is 9.80 Å². The predicted octanol–water partition coefficient (Wildman–Crippen LogP) is 9.39. The van der Waals surface area contributed by atoms with Gasteiger partial charge in [-0.1, -0.05) is 12.8 Å². The fraction of sp³-hybridized carbons (Fsp3) is 0.909. The first-order valence-electron chi connectivity index (χ1n) is 13.0. The van der Waals surface area contributed by atoms with E-state index in [0.717, 1.165) is 0 Å². The van der Waals surface area contributed by atoms with Crippen LogP contribution >= 0.6 is 0 Å². The molecule has 0 aliphatic rings. The van der Waals surface area contributed by atoms with E-state index >= 15 is 0 Å². The van der Waals surface area contributed by atoms with Crippen LogP contribution < -0.4 is 0 Å². The lowest BCUT2D eigenvalue weighted by atomic mass is 9.94. The minimum atomic E-state index is -7.99. The van der Waals surface area contributed by atoms with Crippen LogP contribution in [-0.4, -0.2) is 130 Å². The van der Waals surface area contributed by atoms with Gasteiger partial charge in [-0.05, 0) is 12.8 Å². The fourth-order valence-electron chi connectivity index (χ4n) is 3.67. The lowest BCUT2D eigenvalue weighted by Crippen LogP contribution is -2.70. The summed E-state index contributed by atoms with van der Waals surface area (Å²) in [4.78, 5) is 20.4. The van der Waals surface area contributed by atoms with Crippen molar-refractivity contribution < 1.29 is 125 Å². The van der Waals surface area contributed by atoms with Gasteiger partial charge in [0.1, 0.15) is 0 Å². The number of unbranched alkanes of at least 4 members (excludes halogenated alkanes) is 3. The van der Waals surface area contributed by atoms with Crippen LogP contribution in [0.15, 0.2) is 0 Å². The van der Waals surface area contributed by atoms with Gasteiger partial charge in [0.25, 0.3) is 0 Å². The van der Waals surface area contributed by atoms with Crippen molar-refractivity contribution in [2.45, 2.75) is 97.8 Å². The van der Waals surface area contributed by atoms with E-state index < -0.39 is 146 Å². The Morgan fingerprint density at radius 1 is 0.404 bits per heavy atom. The molecule has 0 radical (unpaired) electrons. The lowest BCUT2D eigenvalue weighted by molar-refractivity contribution is -0.412. The van der Waals surface area contributed by atoms with E-state index in [0.29, 0.717) is 0 Å². The maximum Gasteiger partial charge on any atom is 0.407 e. The Labute approximate surface area is 272 Å². The van der Waals surface area contributed by atoms with Crippen LogP contribution in [-0.2, 0) is 0 Å². The van der Waals surface area contributed by atoms with Gasteiger partial charge in [0.2, 0.25) is 0 Å². The van der Waals surface area contributed by atoms with Crippen LogP contribution in [0.25, 0.3) is 0 Å². The van der Waals surface area contributed by atoms with Crippen molar-refractivity contribution in [1.29, 1.82) is 0 Å². The lowest BCUT2D eigenvalue weighted by Gasteiger charge is -2.40. The summed E-state index contributed by atoms with van der Waals surface area (Å²) in [5.41, 5.74) is 0. The second kappa shape index (κ2) is 15.3. The molecule has 0 fully saturated rings. The Morgan fingerprint density at radius 2 is 0.635 bits per heavy atom. The molecular weight excluding hydrogens is 812 g/mol. The molecule has 0 rings (SSSR count). The second-order valence-electron chi connectivity index (χ2n) is 10.5. The van der Waals surface area contributed by atoms with Crippen LogP contribution in [0.1, 0.15) is 25.7 Å². The van der Waals surface area contributed by atoms with E-state index in [2.05, 4.69) is 0 Å². The molecule has 0 spiro atoms. The highest BCUT2D eigenvalue weighted by molar-refractivity contribution is 5.65. The predicted molar refractivity (Wildman–Crippen MR) is 119 cm³/mol. The zero-order chi connectivity index (χ0) is 42.1. The third-order valence-corrected chi connectivity index (χ3v) is 6.81. The van der Waals surface area contributed by atoms with Gasteiger partial charge in [-0.25, -0.2) is 27.2 Å². The number of carboxylic acid groups (broad SMARTS) is 2. The van der Waals surface area contributed by atoms with Crippen LogP contribution in [0.4, 0.5) is 115 Å². The number of nitrogens with zero attached hydrogens (tertiary/aromatic N) is 2. The third-order valence-electron chi connectivity index (χ3n) is 6.81. The van der Waals surface area contributed by atoms with E-state index in [1.165, 1.54) is 0 Å². The van der Waals surface area contributed by atoms with E-state index in [9.17, 15) is 115 Å². The fourth-order valence-corrected chi connectivity index (χ4v) is 3.67. The van der Waals surface area contributed by atoms with Crippen LogP contribution in [0.2, 0.25) is 0 Å². The summed E-state index contributed by atoms with van der Waals surface area (Å²) in [6.45, 7) is -9.47. The molecule has 6 nitrogen and oxygen atoms in total. The molecule has 0 unspecified atom stereocenters. The first-order chi connectivity index (χ1) is 22.7. The number of rotatable bonds is 21. The number of halogens is 24.